The highest BCUT2D eigenvalue weighted by Gasteiger charge is 2.34. The average Bonchev–Trinajstić information content (AvgIpc) is 2.70. The summed E-state index contributed by atoms with van der Waals surface area (Å²) in [6, 6.07) is 10.0. The Bertz CT molecular complexity index is 520. The fourth-order valence-corrected chi connectivity index (χ4v) is 3.56. The number of benzene rings is 1. The second kappa shape index (κ2) is 7.04. The van der Waals surface area contributed by atoms with Crippen LogP contribution in [0.4, 0.5) is 0 Å². The molecule has 0 bridgehead atoms. The van der Waals surface area contributed by atoms with Gasteiger partial charge in [-0.2, -0.15) is 0 Å². The van der Waals surface area contributed by atoms with Gasteiger partial charge in [-0.05, 0) is 29.7 Å². The van der Waals surface area contributed by atoms with Crippen molar-refractivity contribution in [3.05, 3.63) is 35.9 Å². The third kappa shape index (κ3) is 4.35. The van der Waals surface area contributed by atoms with E-state index >= 15 is 0 Å². The van der Waals surface area contributed by atoms with Gasteiger partial charge in [-0.25, -0.2) is 0 Å². The minimum Gasteiger partial charge on any atom is -0.395 e. The maximum absolute atomic E-state index is 12.6. The summed E-state index contributed by atoms with van der Waals surface area (Å²) in [7, 11) is 0. The van der Waals surface area contributed by atoms with E-state index in [1.165, 1.54) is 0 Å². The number of amides is 1. The van der Waals surface area contributed by atoms with Gasteiger partial charge in [0.25, 0.3) is 0 Å². The smallest absolute Gasteiger partial charge is 0.222 e. The lowest BCUT2D eigenvalue weighted by Crippen LogP contribution is -2.44. The SMILES string of the molecule is CC(C)(C)[C@H]1CCC(=O)N(C[C@](C)(CO)c2ccccc2)CC1. The van der Waals surface area contributed by atoms with Crippen molar-refractivity contribution >= 4 is 5.91 Å². The van der Waals surface area contributed by atoms with Gasteiger partial charge in [0.15, 0.2) is 0 Å². The first-order valence-corrected chi connectivity index (χ1v) is 8.70. The molecule has 1 aromatic rings. The zero-order chi connectivity index (χ0) is 17.1. The van der Waals surface area contributed by atoms with Crippen LogP contribution < -0.4 is 0 Å². The van der Waals surface area contributed by atoms with Crippen molar-refractivity contribution in [3.8, 4) is 0 Å². The number of carbonyl (C=O) groups excluding carboxylic acids is 1. The van der Waals surface area contributed by atoms with Gasteiger partial charge >= 0.3 is 0 Å². The molecule has 23 heavy (non-hydrogen) atoms. The van der Waals surface area contributed by atoms with Crippen molar-refractivity contribution in [2.75, 3.05) is 19.7 Å². The van der Waals surface area contributed by atoms with Gasteiger partial charge in [-0.3, -0.25) is 4.79 Å². The molecule has 1 fully saturated rings. The standard InChI is InChI=1S/C20H31NO2/c1-19(2,3)16-10-11-18(23)21(13-12-16)14-20(4,15-22)17-8-6-5-7-9-17/h5-9,16,22H,10-15H2,1-4H3/t16-,20+/m0/s1. The summed E-state index contributed by atoms with van der Waals surface area (Å²) in [5.74, 6) is 0.806. The Morgan fingerprint density at radius 3 is 2.35 bits per heavy atom. The number of carbonyl (C=O) groups is 1. The average molecular weight is 317 g/mol. The van der Waals surface area contributed by atoms with Crippen LogP contribution in [0.25, 0.3) is 0 Å². The lowest BCUT2D eigenvalue weighted by Gasteiger charge is -2.35. The number of aliphatic hydroxyl groups excluding tert-OH is 1. The molecule has 0 aliphatic carbocycles. The molecule has 3 nitrogen and oxygen atoms in total. The van der Waals surface area contributed by atoms with Crippen molar-refractivity contribution < 1.29 is 9.90 Å². The van der Waals surface area contributed by atoms with E-state index in [1.54, 1.807) is 0 Å². The summed E-state index contributed by atoms with van der Waals surface area (Å²) in [6.07, 6.45) is 2.64. The summed E-state index contributed by atoms with van der Waals surface area (Å²) < 4.78 is 0. The third-order valence-electron chi connectivity index (χ3n) is 5.39. The normalized spacial score (nSPS) is 22.6. The summed E-state index contributed by atoms with van der Waals surface area (Å²) >= 11 is 0. The highest BCUT2D eigenvalue weighted by atomic mass is 16.3. The van der Waals surface area contributed by atoms with Crippen molar-refractivity contribution in [2.45, 2.75) is 52.4 Å². The third-order valence-corrected chi connectivity index (χ3v) is 5.39. The Morgan fingerprint density at radius 1 is 1.13 bits per heavy atom. The lowest BCUT2D eigenvalue weighted by molar-refractivity contribution is -0.131. The van der Waals surface area contributed by atoms with Crippen LogP contribution in [0, 0.1) is 11.3 Å². The van der Waals surface area contributed by atoms with E-state index in [4.69, 9.17) is 0 Å². The molecule has 1 N–H and O–H groups in total. The molecule has 0 radical (unpaired) electrons. The fraction of sp³-hybridized carbons (Fsp3) is 0.650. The van der Waals surface area contributed by atoms with E-state index in [-0.39, 0.29) is 17.9 Å². The zero-order valence-electron chi connectivity index (χ0n) is 15.0. The van der Waals surface area contributed by atoms with E-state index in [0.29, 0.717) is 18.9 Å². The molecule has 0 aromatic heterocycles. The van der Waals surface area contributed by atoms with Crippen molar-refractivity contribution in [1.29, 1.82) is 0 Å². The first-order valence-electron chi connectivity index (χ1n) is 8.70. The number of hydrogen-bond acceptors (Lipinski definition) is 2. The van der Waals surface area contributed by atoms with Crippen LogP contribution in [0.5, 0.6) is 0 Å². The molecule has 1 aliphatic heterocycles. The van der Waals surface area contributed by atoms with E-state index in [1.807, 2.05) is 42.2 Å². The predicted molar refractivity (Wildman–Crippen MR) is 94.3 cm³/mol. The Hall–Kier alpha value is -1.35. The lowest BCUT2D eigenvalue weighted by atomic mass is 9.76. The van der Waals surface area contributed by atoms with Crippen LogP contribution in [0.1, 0.15) is 52.5 Å². The molecule has 1 amide bonds. The van der Waals surface area contributed by atoms with Crippen LogP contribution in [0.3, 0.4) is 0 Å². The highest BCUT2D eigenvalue weighted by Crippen LogP contribution is 2.35. The predicted octanol–water partition coefficient (Wildman–Crippen LogP) is 3.61. The summed E-state index contributed by atoms with van der Waals surface area (Å²) in [6.45, 7) is 10.3. The number of aliphatic hydroxyl groups is 1. The van der Waals surface area contributed by atoms with Gasteiger partial charge in [0.2, 0.25) is 5.91 Å². The minimum absolute atomic E-state index is 0.0451. The van der Waals surface area contributed by atoms with Gasteiger partial charge < -0.3 is 10.0 Å². The van der Waals surface area contributed by atoms with Gasteiger partial charge in [0.1, 0.15) is 0 Å². The number of likely N-dealkylation sites (tertiary alicyclic amines) is 1. The molecule has 1 heterocycles. The van der Waals surface area contributed by atoms with Crippen molar-refractivity contribution in [2.24, 2.45) is 11.3 Å². The Morgan fingerprint density at radius 2 is 1.78 bits per heavy atom. The van der Waals surface area contributed by atoms with Crippen molar-refractivity contribution in [1.82, 2.24) is 4.90 Å². The minimum atomic E-state index is -0.404. The highest BCUT2D eigenvalue weighted by molar-refractivity contribution is 5.76. The van der Waals surface area contributed by atoms with Crippen LogP contribution in [0.2, 0.25) is 0 Å². The van der Waals surface area contributed by atoms with E-state index in [0.717, 1.165) is 24.9 Å². The summed E-state index contributed by atoms with van der Waals surface area (Å²) in [4.78, 5) is 14.5. The quantitative estimate of drug-likeness (QED) is 0.921. The molecule has 0 saturated carbocycles. The molecule has 1 saturated heterocycles. The monoisotopic (exact) mass is 317 g/mol. The van der Waals surface area contributed by atoms with Crippen LogP contribution in [-0.2, 0) is 10.2 Å². The van der Waals surface area contributed by atoms with Gasteiger partial charge in [-0.15, -0.1) is 0 Å². The van der Waals surface area contributed by atoms with Gasteiger partial charge in [-0.1, -0.05) is 58.0 Å². The van der Waals surface area contributed by atoms with Crippen LogP contribution in [0.15, 0.2) is 30.3 Å². The molecule has 0 spiro atoms. The summed E-state index contributed by atoms with van der Waals surface area (Å²) in [5.41, 5.74) is 0.931. The molecular weight excluding hydrogens is 286 g/mol. The maximum Gasteiger partial charge on any atom is 0.222 e. The molecule has 0 unspecified atom stereocenters. The van der Waals surface area contributed by atoms with Gasteiger partial charge in [0.05, 0.1) is 6.61 Å². The van der Waals surface area contributed by atoms with Crippen molar-refractivity contribution in [3.63, 3.8) is 0 Å². The topological polar surface area (TPSA) is 40.5 Å². The Balaban J connectivity index is 2.13. The number of hydrogen-bond donors (Lipinski definition) is 1. The Kier molecular flexibility index (Phi) is 5.51. The second-order valence-electron chi connectivity index (χ2n) is 8.29. The number of rotatable bonds is 4. The number of nitrogens with zero attached hydrogens (tertiary/aromatic N) is 1. The molecule has 2 atom stereocenters. The molecule has 3 heteroatoms. The van der Waals surface area contributed by atoms with E-state index < -0.39 is 5.41 Å². The van der Waals surface area contributed by atoms with Gasteiger partial charge in [0, 0.05) is 24.9 Å². The van der Waals surface area contributed by atoms with E-state index in [9.17, 15) is 9.90 Å². The molecule has 128 valence electrons. The van der Waals surface area contributed by atoms with Crippen LogP contribution >= 0.6 is 0 Å². The van der Waals surface area contributed by atoms with E-state index in [2.05, 4.69) is 20.8 Å². The Labute approximate surface area is 140 Å². The first kappa shape index (κ1) is 18.0. The fourth-order valence-electron chi connectivity index (χ4n) is 3.56. The zero-order valence-corrected chi connectivity index (χ0v) is 15.0. The molecule has 2 rings (SSSR count). The molecular formula is C20H31NO2. The summed E-state index contributed by atoms with van der Waals surface area (Å²) in [5, 5.41) is 9.97. The van der Waals surface area contributed by atoms with Crippen LogP contribution in [-0.4, -0.2) is 35.6 Å². The first-order chi connectivity index (χ1) is 10.8. The second-order valence-corrected chi connectivity index (χ2v) is 8.29. The maximum atomic E-state index is 12.6. The molecule has 1 aliphatic rings. The largest absolute Gasteiger partial charge is 0.395 e. The molecule has 1 aromatic carbocycles.